The Kier molecular flexibility index (Phi) is 2.78. The average Bonchev–Trinajstić information content (AvgIpc) is 2.87. The van der Waals surface area contributed by atoms with Crippen molar-refractivity contribution in [1.82, 2.24) is 15.3 Å². The summed E-state index contributed by atoms with van der Waals surface area (Å²) in [5.74, 6) is 0.718. The molecule has 0 saturated carbocycles. The number of nitrogens with zero attached hydrogens (tertiary/aromatic N) is 1. The van der Waals surface area contributed by atoms with Gasteiger partial charge >= 0.3 is 0 Å². The summed E-state index contributed by atoms with van der Waals surface area (Å²) < 4.78 is 5.24. The second-order valence-electron chi connectivity index (χ2n) is 3.26. The first-order valence-electron chi connectivity index (χ1n) is 4.74. The van der Waals surface area contributed by atoms with Crippen LogP contribution in [0, 0.1) is 0 Å². The van der Waals surface area contributed by atoms with Gasteiger partial charge in [0.1, 0.15) is 11.9 Å². The first kappa shape index (κ1) is 9.21. The minimum Gasteiger partial charge on any atom is -0.368 e. The van der Waals surface area contributed by atoms with Crippen molar-refractivity contribution < 1.29 is 9.53 Å². The summed E-state index contributed by atoms with van der Waals surface area (Å²) in [5, 5.41) is 2.77. The number of carbonyl (C=O) groups excluding carboxylic acids is 1. The van der Waals surface area contributed by atoms with E-state index in [1.165, 1.54) is 0 Å². The van der Waals surface area contributed by atoms with E-state index in [0.29, 0.717) is 13.2 Å². The number of hydrogen-bond donors (Lipinski definition) is 2. The number of carbonyl (C=O) groups is 1. The Morgan fingerprint density at radius 3 is 3.36 bits per heavy atom. The summed E-state index contributed by atoms with van der Waals surface area (Å²) in [6, 6.07) is 0. The molecule has 1 amide bonds. The fourth-order valence-corrected chi connectivity index (χ4v) is 1.46. The number of ether oxygens (including phenoxy) is 1. The molecule has 1 atom stereocenters. The van der Waals surface area contributed by atoms with Crippen molar-refractivity contribution in [2.75, 3.05) is 6.61 Å². The number of H-pyrrole nitrogens is 1. The van der Waals surface area contributed by atoms with Gasteiger partial charge in [-0.25, -0.2) is 4.98 Å². The van der Waals surface area contributed by atoms with Crippen LogP contribution in [0.5, 0.6) is 0 Å². The summed E-state index contributed by atoms with van der Waals surface area (Å²) in [4.78, 5) is 18.4. The minimum absolute atomic E-state index is 0.0427. The number of hydrogen-bond acceptors (Lipinski definition) is 3. The van der Waals surface area contributed by atoms with Crippen molar-refractivity contribution in [2.24, 2.45) is 0 Å². The zero-order chi connectivity index (χ0) is 9.80. The number of nitrogens with one attached hydrogen (secondary N) is 2. The highest BCUT2D eigenvalue weighted by atomic mass is 16.5. The van der Waals surface area contributed by atoms with Crippen LogP contribution < -0.4 is 5.32 Å². The highest BCUT2D eigenvalue weighted by Gasteiger charge is 2.22. The van der Waals surface area contributed by atoms with Crippen LogP contribution in [0.15, 0.2) is 12.4 Å². The lowest BCUT2D eigenvalue weighted by Crippen LogP contribution is -2.33. The molecule has 0 aliphatic carbocycles. The summed E-state index contributed by atoms with van der Waals surface area (Å²) in [7, 11) is 0. The van der Waals surface area contributed by atoms with Gasteiger partial charge in [0.25, 0.3) is 0 Å². The molecule has 0 spiro atoms. The highest BCUT2D eigenvalue weighted by molar-refractivity contribution is 5.80. The van der Waals surface area contributed by atoms with Crippen molar-refractivity contribution in [2.45, 2.75) is 25.5 Å². The Labute approximate surface area is 81.9 Å². The molecule has 1 fully saturated rings. The number of rotatable bonds is 3. The summed E-state index contributed by atoms with van der Waals surface area (Å²) >= 11 is 0. The third-order valence-corrected chi connectivity index (χ3v) is 2.21. The van der Waals surface area contributed by atoms with E-state index in [2.05, 4.69) is 15.3 Å². The Hall–Kier alpha value is -1.36. The molecule has 0 aromatic carbocycles. The molecule has 5 heteroatoms. The lowest BCUT2D eigenvalue weighted by Gasteiger charge is -2.08. The minimum atomic E-state index is -0.259. The number of aromatic amines is 1. The van der Waals surface area contributed by atoms with E-state index in [0.717, 1.165) is 18.7 Å². The number of imidazole rings is 1. The Bertz CT molecular complexity index is 291. The van der Waals surface area contributed by atoms with Crippen molar-refractivity contribution >= 4 is 5.91 Å². The van der Waals surface area contributed by atoms with Crippen LogP contribution in [-0.4, -0.2) is 28.6 Å². The molecule has 1 aromatic heterocycles. The topological polar surface area (TPSA) is 67.0 Å². The van der Waals surface area contributed by atoms with Gasteiger partial charge in [0.2, 0.25) is 5.91 Å². The third kappa shape index (κ3) is 2.11. The molecular formula is C9H13N3O2. The molecule has 1 aliphatic heterocycles. The highest BCUT2D eigenvalue weighted by Crippen LogP contribution is 2.11. The largest absolute Gasteiger partial charge is 0.368 e. The van der Waals surface area contributed by atoms with Crippen LogP contribution >= 0.6 is 0 Å². The molecule has 76 valence electrons. The Balaban J connectivity index is 1.77. The van der Waals surface area contributed by atoms with Gasteiger partial charge in [0.15, 0.2) is 0 Å². The maximum Gasteiger partial charge on any atom is 0.249 e. The molecule has 0 unspecified atom stereocenters. The van der Waals surface area contributed by atoms with E-state index in [1.54, 1.807) is 12.4 Å². The summed E-state index contributed by atoms with van der Waals surface area (Å²) in [5.41, 5.74) is 0. The number of amides is 1. The predicted octanol–water partition coefficient (Wildman–Crippen LogP) is 0.205. The molecule has 5 nitrogen and oxygen atoms in total. The van der Waals surface area contributed by atoms with Gasteiger partial charge in [-0.1, -0.05) is 0 Å². The molecule has 0 bridgehead atoms. The van der Waals surface area contributed by atoms with Gasteiger partial charge in [-0.15, -0.1) is 0 Å². The zero-order valence-corrected chi connectivity index (χ0v) is 7.82. The van der Waals surface area contributed by atoms with Gasteiger partial charge in [-0.2, -0.15) is 0 Å². The molecular weight excluding hydrogens is 182 g/mol. The fourth-order valence-electron chi connectivity index (χ4n) is 1.46. The second-order valence-corrected chi connectivity index (χ2v) is 3.26. The van der Waals surface area contributed by atoms with E-state index in [4.69, 9.17) is 4.74 Å². The van der Waals surface area contributed by atoms with E-state index in [-0.39, 0.29) is 12.0 Å². The van der Waals surface area contributed by atoms with Crippen LogP contribution in [0.4, 0.5) is 0 Å². The van der Waals surface area contributed by atoms with Crippen molar-refractivity contribution in [1.29, 1.82) is 0 Å². The molecule has 14 heavy (non-hydrogen) atoms. The van der Waals surface area contributed by atoms with E-state index >= 15 is 0 Å². The Morgan fingerprint density at radius 2 is 2.71 bits per heavy atom. The molecule has 1 aromatic rings. The monoisotopic (exact) mass is 195 g/mol. The lowest BCUT2D eigenvalue weighted by molar-refractivity contribution is -0.130. The molecule has 1 aliphatic rings. The molecule has 0 radical (unpaired) electrons. The van der Waals surface area contributed by atoms with Gasteiger partial charge in [0.05, 0.1) is 6.54 Å². The van der Waals surface area contributed by atoms with Gasteiger partial charge in [0, 0.05) is 19.0 Å². The van der Waals surface area contributed by atoms with E-state index in [9.17, 15) is 4.79 Å². The maximum atomic E-state index is 11.5. The predicted molar refractivity (Wildman–Crippen MR) is 49.4 cm³/mol. The molecule has 1 saturated heterocycles. The average molecular weight is 195 g/mol. The SMILES string of the molecule is O=C(NCc1ncc[nH]1)[C@H]1CCCO1. The van der Waals surface area contributed by atoms with Crippen molar-refractivity contribution in [3.05, 3.63) is 18.2 Å². The fraction of sp³-hybridized carbons (Fsp3) is 0.556. The van der Waals surface area contributed by atoms with Crippen LogP contribution in [0.1, 0.15) is 18.7 Å². The summed E-state index contributed by atoms with van der Waals surface area (Å²) in [6.07, 6.45) is 4.93. The number of aromatic nitrogens is 2. The van der Waals surface area contributed by atoms with Gasteiger partial charge in [-0.05, 0) is 12.8 Å². The Morgan fingerprint density at radius 1 is 1.79 bits per heavy atom. The second kappa shape index (κ2) is 4.23. The van der Waals surface area contributed by atoms with Crippen LogP contribution in [0.3, 0.4) is 0 Å². The van der Waals surface area contributed by atoms with Gasteiger partial charge < -0.3 is 15.0 Å². The lowest BCUT2D eigenvalue weighted by atomic mass is 10.2. The zero-order valence-electron chi connectivity index (χ0n) is 7.82. The molecule has 2 heterocycles. The summed E-state index contributed by atoms with van der Waals surface area (Å²) in [6.45, 7) is 1.13. The van der Waals surface area contributed by atoms with Gasteiger partial charge in [-0.3, -0.25) is 4.79 Å². The van der Waals surface area contributed by atoms with E-state index in [1.807, 2.05) is 0 Å². The van der Waals surface area contributed by atoms with Crippen molar-refractivity contribution in [3.63, 3.8) is 0 Å². The van der Waals surface area contributed by atoms with Crippen molar-refractivity contribution in [3.8, 4) is 0 Å². The first-order valence-corrected chi connectivity index (χ1v) is 4.74. The van der Waals surface area contributed by atoms with Crippen LogP contribution in [0.25, 0.3) is 0 Å². The molecule has 2 rings (SSSR count). The quantitative estimate of drug-likeness (QED) is 0.724. The maximum absolute atomic E-state index is 11.5. The normalized spacial score (nSPS) is 21.0. The molecule has 2 N–H and O–H groups in total. The van der Waals surface area contributed by atoms with E-state index < -0.39 is 0 Å². The third-order valence-electron chi connectivity index (χ3n) is 2.21. The van der Waals surface area contributed by atoms with Crippen LogP contribution in [0.2, 0.25) is 0 Å². The standard InChI is InChI=1S/C9H13N3O2/c13-9(7-2-1-5-14-7)12-6-8-10-3-4-11-8/h3-4,7H,1-2,5-6H2,(H,10,11)(H,12,13)/t7-/m1/s1. The van der Waals surface area contributed by atoms with Crippen LogP contribution in [-0.2, 0) is 16.1 Å². The first-order chi connectivity index (χ1) is 6.86. The smallest absolute Gasteiger partial charge is 0.249 e.